The number of sulfonamides is 1. The van der Waals surface area contributed by atoms with Crippen molar-refractivity contribution in [3.8, 4) is 0 Å². The highest BCUT2D eigenvalue weighted by Crippen LogP contribution is 2.16. The van der Waals surface area contributed by atoms with E-state index in [1.807, 2.05) is 24.3 Å². The van der Waals surface area contributed by atoms with Crippen LogP contribution >= 0.6 is 15.9 Å². The number of hydrogen-bond donors (Lipinski definition) is 2. The van der Waals surface area contributed by atoms with Gasteiger partial charge in [0.25, 0.3) is 0 Å². The molecule has 2 N–H and O–H groups in total. The molecule has 0 saturated heterocycles. The first-order valence-corrected chi connectivity index (χ1v) is 9.82. The van der Waals surface area contributed by atoms with Crippen molar-refractivity contribution in [2.45, 2.75) is 24.7 Å². The molecule has 0 aliphatic carbocycles. The lowest BCUT2D eigenvalue weighted by Crippen LogP contribution is -2.23. The Morgan fingerprint density at radius 2 is 1.83 bits per heavy atom. The van der Waals surface area contributed by atoms with Crippen LogP contribution in [0.5, 0.6) is 0 Å². The summed E-state index contributed by atoms with van der Waals surface area (Å²) in [5, 5.41) is 2.83. The van der Waals surface area contributed by atoms with E-state index in [0.717, 1.165) is 15.7 Å². The molecule has 7 heteroatoms. The van der Waals surface area contributed by atoms with E-state index in [1.54, 1.807) is 31.2 Å². The van der Waals surface area contributed by atoms with Crippen LogP contribution in [-0.2, 0) is 21.2 Å². The maximum atomic E-state index is 12.0. The lowest BCUT2D eigenvalue weighted by Gasteiger charge is -2.07. The van der Waals surface area contributed by atoms with Crippen LogP contribution in [0, 0.1) is 0 Å². The molecule has 0 spiro atoms. The fourth-order valence-corrected chi connectivity index (χ4v) is 3.60. The zero-order valence-electron chi connectivity index (χ0n) is 13.3. The number of amides is 1. The van der Waals surface area contributed by atoms with E-state index < -0.39 is 10.0 Å². The largest absolute Gasteiger partial charge is 0.326 e. The van der Waals surface area contributed by atoms with E-state index in [1.165, 1.54) is 0 Å². The lowest BCUT2D eigenvalue weighted by molar-refractivity contribution is -0.116. The van der Waals surface area contributed by atoms with Crippen LogP contribution in [0.1, 0.15) is 18.9 Å². The first-order chi connectivity index (χ1) is 11.4. The Balaban J connectivity index is 1.91. The second kappa shape index (κ2) is 8.41. The molecule has 0 unspecified atom stereocenters. The van der Waals surface area contributed by atoms with Crippen LogP contribution < -0.4 is 10.0 Å². The molecule has 24 heavy (non-hydrogen) atoms. The summed E-state index contributed by atoms with van der Waals surface area (Å²) in [6.45, 7) is 2.08. The molecule has 0 saturated carbocycles. The Bertz CT molecular complexity index is 805. The standard InChI is InChI=1S/C17H19BrN2O3S/c1-2-19-24(22,23)16-9-6-13(7-10-16)8-11-17(21)20-15-5-3-4-14(18)12-15/h3-7,9-10,12,19H,2,8,11H2,1H3,(H,20,21). The average molecular weight is 411 g/mol. The molecule has 0 atom stereocenters. The summed E-state index contributed by atoms with van der Waals surface area (Å²) in [4.78, 5) is 12.2. The summed E-state index contributed by atoms with van der Waals surface area (Å²) in [7, 11) is -3.44. The van der Waals surface area contributed by atoms with Crippen LogP contribution in [-0.4, -0.2) is 20.9 Å². The van der Waals surface area contributed by atoms with E-state index in [0.29, 0.717) is 19.4 Å². The van der Waals surface area contributed by atoms with Gasteiger partial charge < -0.3 is 5.32 Å². The maximum Gasteiger partial charge on any atom is 0.240 e. The summed E-state index contributed by atoms with van der Waals surface area (Å²) in [5.74, 6) is -0.0857. The van der Waals surface area contributed by atoms with Gasteiger partial charge in [0.05, 0.1) is 4.90 Å². The van der Waals surface area contributed by atoms with Gasteiger partial charge in [-0.1, -0.05) is 41.1 Å². The predicted octanol–water partition coefficient (Wildman–Crippen LogP) is 3.32. The van der Waals surface area contributed by atoms with Crippen LogP contribution in [0.4, 0.5) is 5.69 Å². The third kappa shape index (κ3) is 5.43. The SMILES string of the molecule is CCNS(=O)(=O)c1ccc(CCC(=O)Nc2cccc(Br)c2)cc1. The second-order valence-electron chi connectivity index (χ2n) is 5.20. The number of benzene rings is 2. The normalized spacial score (nSPS) is 11.2. The molecule has 0 bridgehead atoms. The zero-order chi connectivity index (χ0) is 17.6. The van der Waals surface area contributed by atoms with Gasteiger partial charge in [-0.05, 0) is 42.3 Å². The van der Waals surface area contributed by atoms with Crippen LogP contribution in [0.15, 0.2) is 57.9 Å². The molecular weight excluding hydrogens is 392 g/mol. The number of carbonyl (C=O) groups is 1. The quantitative estimate of drug-likeness (QED) is 0.734. The van der Waals surface area contributed by atoms with Crippen molar-refractivity contribution < 1.29 is 13.2 Å². The molecule has 0 heterocycles. The van der Waals surface area contributed by atoms with Crippen LogP contribution in [0.25, 0.3) is 0 Å². The third-order valence-corrected chi connectivity index (χ3v) is 5.37. The smallest absolute Gasteiger partial charge is 0.240 e. The Kier molecular flexibility index (Phi) is 6.53. The van der Waals surface area contributed by atoms with E-state index >= 15 is 0 Å². The molecule has 128 valence electrons. The molecule has 0 aliphatic rings. The maximum absolute atomic E-state index is 12.0. The fraction of sp³-hybridized carbons (Fsp3) is 0.235. The summed E-state index contributed by atoms with van der Waals surface area (Å²) in [6, 6.07) is 14.0. The monoisotopic (exact) mass is 410 g/mol. The van der Waals surface area contributed by atoms with Crippen molar-refractivity contribution >= 4 is 37.5 Å². The molecule has 2 aromatic carbocycles. The summed E-state index contributed by atoms with van der Waals surface area (Å²) < 4.78 is 27.1. The van der Waals surface area contributed by atoms with Gasteiger partial charge in [0.1, 0.15) is 0 Å². The van der Waals surface area contributed by atoms with Crippen molar-refractivity contribution in [3.05, 3.63) is 58.6 Å². The highest BCUT2D eigenvalue weighted by molar-refractivity contribution is 9.10. The van der Waals surface area contributed by atoms with Crippen molar-refractivity contribution in [1.29, 1.82) is 0 Å². The minimum atomic E-state index is -3.44. The Morgan fingerprint density at radius 3 is 2.46 bits per heavy atom. The van der Waals surface area contributed by atoms with Gasteiger partial charge in [0, 0.05) is 23.1 Å². The molecular formula is C17H19BrN2O3S. The van der Waals surface area contributed by atoms with E-state index in [4.69, 9.17) is 0 Å². The van der Waals surface area contributed by atoms with Crippen molar-refractivity contribution in [1.82, 2.24) is 4.72 Å². The van der Waals surface area contributed by atoms with Gasteiger partial charge in [-0.2, -0.15) is 0 Å². The lowest BCUT2D eigenvalue weighted by atomic mass is 10.1. The topological polar surface area (TPSA) is 75.3 Å². The predicted molar refractivity (Wildman–Crippen MR) is 98.4 cm³/mol. The highest BCUT2D eigenvalue weighted by atomic mass is 79.9. The highest BCUT2D eigenvalue weighted by Gasteiger charge is 2.12. The summed E-state index contributed by atoms with van der Waals surface area (Å²) in [5.41, 5.74) is 1.65. The zero-order valence-corrected chi connectivity index (χ0v) is 15.7. The summed E-state index contributed by atoms with van der Waals surface area (Å²) >= 11 is 3.36. The molecule has 5 nitrogen and oxygen atoms in total. The second-order valence-corrected chi connectivity index (χ2v) is 7.89. The number of halogens is 1. The van der Waals surface area contributed by atoms with Crippen LogP contribution in [0.2, 0.25) is 0 Å². The van der Waals surface area contributed by atoms with E-state index in [9.17, 15) is 13.2 Å². The molecule has 0 aliphatic heterocycles. The van der Waals surface area contributed by atoms with Crippen LogP contribution in [0.3, 0.4) is 0 Å². The number of hydrogen-bond acceptors (Lipinski definition) is 3. The average Bonchev–Trinajstić information content (AvgIpc) is 2.53. The molecule has 2 rings (SSSR count). The molecule has 0 radical (unpaired) electrons. The molecule has 1 amide bonds. The Labute approximate surface area is 150 Å². The number of aryl methyl sites for hydroxylation is 1. The van der Waals surface area contributed by atoms with Gasteiger partial charge in [-0.15, -0.1) is 0 Å². The minimum absolute atomic E-state index is 0.0857. The number of carbonyl (C=O) groups excluding carboxylic acids is 1. The number of anilines is 1. The molecule has 0 fully saturated rings. The van der Waals surface area contributed by atoms with Gasteiger partial charge in [0.15, 0.2) is 0 Å². The van der Waals surface area contributed by atoms with Crippen molar-refractivity contribution in [3.63, 3.8) is 0 Å². The van der Waals surface area contributed by atoms with E-state index in [-0.39, 0.29) is 10.8 Å². The molecule has 2 aromatic rings. The molecule has 0 aromatic heterocycles. The van der Waals surface area contributed by atoms with Gasteiger partial charge >= 0.3 is 0 Å². The van der Waals surface area contributed by atoms with Crippen molar-refractivity contribution in [2.24, 2.45) is 0 Å². The Morgan fingerprint density at radius 1 is 1.12 bits per heavy atom. The van der Waals surface area contributed by atoms with Gasteiger partial charge in [0.2, 0.25) is 15.9 Å². The number of nitrogens with one attached hydrogen (secondary N) is 2. The number of rotatable bonds is 7. The summed E-state index contributed by atoms with van der Waals surface area (Å²) in [6.07, 6.45) is 0.868. The fourth-order valence-electron chi connectivity index (χ4n) is 2.16. The van der Waals surface area contributed by atoms with Gasteiger partial charge in [-0.25, -0.2) is 13.1 Å². The van der Waals surface area contributed by atoms with Crippen molar-refractivity contribution in [2.75, 3.05) is 11.9 Å². The van der Waals surface area contributed by atoms with E-state index in [2.05, 4.69) is 26.0 Å². The minimum Gasteiger partial charge on any atom is -0.326 e. The Hall–Kier alpha value is -1.70. The van der Waals surface area contributed by atoms with Gasteiger partial charge in [-0.3, -0.25) is 4.79 Å². The first-order valence-electron chi connectivity index (χ1n) is 7.55. The first kappa shape index (κ1) is 18.6. The third-order valence-electron chi connectivity index (χ3n) is 3.32.